The van der Waals surface area contributed by atoms with Gasteiger partial charge in [-0.3, -0.25) is 24.0 Å². The quantitative estimate of drug-likeness (QED) is 0.1000. The SMILES string of the molecule is Cc1cc2c(cc1C(F)(F)F)N=C1N(c3ccc4ccoc4c3)CC[C@@]1(O)C2=O.Cc1cc2c(cc1C)C(=O)[C@]1(O)CCN(c3ccc(I)cc3)C1=N2.Cc1cc2c(cc1C)C(=O)[C@]1(O)CCN(c3ccc4scnc4c3)C1=N2.Cc1nc2cc(N3CC[C@@]4(O)C(=O)c5cc(C)c(C)cc5N=C34)ccc2o1.Cc1sc2c(c1C)C(=O)[C@]1(O)CCN(c3ccc(I)cc3)C1=N2. The number of hydrogen-bond donors (Lipinski definition) is 5. The number of Topliss-reactive ketones (excluding diaryl/α,β-unsaturated/α-hetero) is 5. The number of ketones is 5. The van der Waals surface area contributed by atoms with E-state index in [9.17, 15) is 62.7 Å². The van der Waals surface area contributed by atoms with Crippen molar-refractivity contribution >= 4 is 214 Å². The van der Waals surface area contributed by atoms with Crippen molar-refractivity contribution < 1.29 is 71.5 Å². The maximum atomic E-state index is 13.3. The molecular formula is C98H83F3I2N12O12S2. The highest BCUT2D eigenvalue weighted by atomic mass is 127. The summed E-state index contributed by atoms with van der Waals surface area (Å²) in [7, 11) is 0. The molecule has 0 bridgehead atoms. The Morgan fingerprint density at radius 1 is 0.403 bits per heavy atom. The molecule has 23 rings (SSSR count). The fourth-order valence-corrected chi connectivity index (χ4v) is 20.7. The molecule has 5 saturated heterocycles. The van der Waals surface area contributed by atoms with Gasteiger partial charge in [0, 0.05) is 146 Å². The van der Waals surface area contributed by atoms with Gasteiger partial charge in [0.05, 0.1) is 55.9 Å². The summed E-state index contributed by atoms with van der Waals surface area (Å²) in [6.07, 6.45) is -1.52. The molecule has 31 heteroatoms. The molecule has 5 atom stereocenters. The van der Waals surface area contributed by atoms with Crippen LogP contribution in [0.5, 0.6) is 0 Å². The molecule has 5 fully saturated rings. The molecule has 13 aromatic rings. The Bertz CT molecular complexity index is 7200. The number of carbonyl (C=O) groups is 5. The van der Waals surface area contributed by atoms with E-state index in [0.29, 0.717) is 144 Å². The third kappa shape index (κ3) is 14.5. The van der Waals surface area contributed by atoms with Gasteiger partial charge in [-0.2, -0.15) is 13.2 Å². The molecule has 0 amide bonds. The minimum absolute atomic E-state index is 0.00471. The van der Waals surface area contributed by atoms with Gasteiger partial charge in [-0.05, 0) is 304 Å². The molecule has 24 nitrogen and oxygen atoms in total. The fourth-order valence-electron chi connectivity index (χ4n) is 18.3. The second-order valence-corrected chi connectivity index (χ2v) is 38.7. The highest BCUT2D eigenvalue weighted by molar-refractivity contribution is 14.1. The molecule has 0 aliphatic carbocycles. The summed E-state index contributed by atoms with van der Waals surface area (Å²) in [6.45, 7) is 21.4. The molecular weight excluding hydrogens is 1910 g/mol. The van der Waals surface area contributed by atoms with Crippen LogP contribution in [0.2, 0.25) is 0 Å². The zero-order valence-electron chi connectivity index (χ0n) is 71.4. The van der Waals surface area contributed by atoms with Crippen molar-refractivity contribution in [3.05, 3.63) is 265 Å². The lowest BCUT2D eigenvalue weighted by molar-refractivity contribution is -0.138. The van der Waals surface area contributed by atoms with Crippen LogP contribution in [0.4, 0.5) is 69.4 Å². The third-order valence-corrected chi connectivity index (χ3v) is 29.5. The van der Waals surface area contributed by atoms with E-state index in [0.717, 1.165) is 112 Å². The van der Waals surface area contributed by atoms with Gasteiger partial charge in [0.1, 0.15) is 39.4 Å². The number of aryl methyl sites for hydroxylation is 9. The minimum Gasteiger partial charge on any atom is -0.464 e. The van der Waals surface area contributed by atoms with Gasteiger partial charge in [0.25, 0.3) is 0 Å². The van der Waals surface area contributed by atoms with Crippen LogP contribution in [0.15, 0.2) is 203 Å². The molecule has 0 saturated carbocycles. The summed E-state index contributed by atoms with van der Waals surface area (Å²) in [4.78, 5) is 107. The average Bonchev–Trinajstić information content (AvgIpc) is 1.60. The first-order valence-electron chi connectivity index (χ1n) is 41.9. The number of furan rings is 1. The van der Waals surface area contributed by atoms with Gasteiger partial charge in [0.2, 0.25) is 28.9 Å². The number of carbonyl (C=O) groups excluding carboxylic acids is 5. The maximum Gasteiger partial charge on any atom is 0.416 e. The van der Waals surface area contributed by atoms with Crippen LogP contribution in [-0.4, -0.2) is 154 Å². The number of aliphatic imine (C=N–C) groups is 5. The molecule has 14 heterocycles. The number of hydrogen-bond acceptors (Lipinski definition) is 26. The van der Waals surface area contributed by atoms with Gasteiger partial charge in [-0.1, -0.05) is 0 Å². The van der Waals surface area contributed by atoms with Crippen LogP contribution in [0.3, 0.4) is 0 Å². The average molecular weight is 2000 g/mol. The van der Waals surface area contributed by atoms with Crippen LogP contribution < -0.4 is 24.5 Å². The number of halogens is 5. The number of rotatable bonds is 5. The first-order valence-corrected chi connectivity index (χ1v) is 45.7. The smallest absolute Gasteiger partial charge is 0.416 e. The Hall–Kier alpha value is -11.7. The van der Waals surface area contributed by atoms with Crippen LogP contribution in [-0.2, 0) is 6.18 Å². The number of thiophene rings is 1. The van der Waals surface area contributed by atoms with Crippen LogP contribution in [0.1, 0.15) is 145 Å². The largest absolute Gasteiger partial charge is 0.464 e. The van der Waals surface area contributed by atoms with Crippen molar-refractivity contribution in [2.45, 2.75) is 136 Å². The zero-order valence-corrected chi connectivity index (χ0v) is 77.4. The van der Waals surface area contributed by atoms with E-state index in [1.54, 1.807) is 47.6 Å². The molecule has 0 unspecified atom stereocenters. The van der Waals surface area contributed by atoms with E-state index in [-0.39, 0.29) is 52.2 Å². The summed E-state index contributed by atoms with van der Waals surface area (Å²) >= 11 is 7.63. The Labute approximate surface area is 772 Å². The van der Waals surface area contributed by atoms with E-state index < -0.39 is 45.5 Å². The summed E-state index contributed by atoms with van der Waals surface area (Å²) in [6, 6.07) is 48.2. The lowest BCUT2D eigenvalue weighted by Gasteiger charge is -2.30. The molecule has 654 valence electrons. The maximum absolute atomic E-state index is 13.3. The van der Waals surface area contributed by atoms with Crippen molar-refractivity contribution in [1.82, 2.24) is 9.97 Å². The van der Waals surface area contributed by atoms with E-state index in [2.05, 4.69) is 70.1 Å². The Morgan fingerprint density at radius 3 is 1.22 bits per heavy atom. The topological polar surface area (TPSA) is 317 Å². The van der Waals surface area contributed by atoms with Gasteiger partial charge in [-0.25, -0.2) is 34.9 Å². The number of alkyl halides is 3. The Morgan fingerprint density at radius 2 is 0.775 bits per heavy atom. The number of thiazole rings is 1. The number of fused-ring (bicyclic) bond motifs is 13. The van der Waals surface area contributed by atoms with E-state index >= 15 is 0 Å². The molecule has 10 aliphatic heterocycles. The van der Waals surface area contributed by atoms with E-state index in [1.807, 2.05) is 208 Å². The van der Waals surface area contributed by atoms with Crippen molar-refractivity contribution in [2.24, 2.45) is 25.0 Å². The fraction of sp³-hybridized carbons (Fsp3) is 0.265. The van der Waals surface area contributed by atoms with Crippen LogP contribution in [0.25, 0.3) is 32.3 Å². The summed E-state index contributed by atoms with van der Waals surface area (Å²) in [5.74, 6) is 0.784. The van der Waals surface area contributed by atoms with Crippen molar-refractivity contribution in [1.29, 1.82) is 0 Å². The summed E-state index contributed by atoms with van der Waals surface area (Å²) < 4.78 is 54.3. The molecule has 129 heavy (non-hydrogen) atoms. The van der Waals surface area contributed by atoms with Crippen molar-refractivity contribution in [2.75, 3.05) is 57.2 Å². The number of benzene rings is 9. The minimum atomic E-state index is -4.56. The molecule has 4 aromatic heterocycles. The lowest BCUT2D eigenvalue weighted by atomic mass is 9.86. The normalized spacial score (nSPS) is 21.9. The first kappa shape index (κ1) is 86.7. The van der Waals surface area contributed by atoms with Crippen molar-refractivity contribution in [3.8, 4) is 0 Å². The standard InChI is InChI=1S/C21H15F3N2O3.C21H19N3O3.C20H17N3O2S.C19H17IN2O2.C17H15IN2O2S/c1-11-8-14-16(10-15(11)21(22,23)24)25-19-20(28,18(14)27)5-6-26(19)13-3-2-12-4-7-29-17(12)9-13;1-11-8-15-16(9-12(11)2)23-20-21(26,19(15)25)6-7-24(20)14-4-5-18-17(10-14)22-13(3)27-18;1-11-7-14-15(8-12(11)2)22-19-20(25,18(14)24)5-6-23(19)13-3-4-17-16(9-13)21-10-26-17;1-11-9-15-16(10-12(11)2)21-18-19(24,17(15)23)7-8-22(18)14-5-3-13(20)4-6-14;1-9-10(2)23-15-13(9)14(21)17(22)7-8-20(16(17)19-15)12-5-3-11(18)4-6-12/h2-4,7-10,28H,5-6H2,1H3;4-5,8-10,26H,6-7H2,1-3H3;3-4,7-10,25H,5-6H2,1-2H3;3-6,9-10,24H,7-8H2,1-2H3;3-6,22H,7-8H2,1-2H3/t20-;21-;20-;19-;17-/m11111/s1. The summed E-state index contributed by atoms with van der Waals surface area (Å²) in [5.41, 5.74) is 11.4. The number of anilines is 5. The monoisotopic (exact) mass is 1990 g/mol. The Kier molecular flexibility index (Phi) is 21.4. The number of aliphatic hydroxyl groups is 5. The van der Waals surface area contributed by atoms with Gasteiger partial charge in [0.15, 0.2) is 45.3 Å². The third-order valence-electron chi connectivity index (χ3n) is 26.1. The molecule has 5 N–H and O–H groups in total. The second-order valence-electron chi connectivity index (χ2n) is 34.1. The number of oxazole rings is 1. The first-order chi connectivity index (χ1) is 61.3. The van der Waals surface area contributed by atoms with Crippen LogP contribution in [0, 0.1) is 76.4 Å². The molecule has 0 radical (unpaired) electrons. The predicted octanol–water partition coefficient (Wildman–Crippen LogP) is 19.6. The zero-order chi connectivity index (χ0) is 90.9. The number of aromatic nitrogens is 2. The summed E-state index contributed by atoms with van der Waals surface area (Å²) in [5, 5.41) is 57.1. The molecule has 0 spiro atoms. The highest BCUT2D eigenvalue weighted by Gasteiger charge is 2.58. The lowest BCUT2D eigenvalue weighted by Crippen LogP contribution is -2.48. The second kappa shape index (κ2) is 31.9. The number of amidine groups is 5. The van der Waals surface area contributed by atoms with E-state index in [1.165, 1.54) is 18.3 Å². The van der Waals surface area contributed by atoms with E-state index in [4.69, 9.17) is 18.8 Å². The predicted molar refractivity (Wildman–Crippen MR) is 512 cm³/mol. The number of nitrogens with zero attached hydrogens (tertiary/aromatic N) is 12. The molecule has 10 aliphatic rings. The highest BCUT2D eigenvalue weighted by Crippen LogP contribution is 2.50. The van der Waals surface area contributed by atoms with Crippen LogP contribution >= 0.6 is 67.9 Å². The Balaban J connectivity index is 0.000000105. The van der Waals surface area contributed by atoms with Gasteiger partial charge in [-0.15, -0.1) is 22.7 Å². The van der Waals surface area contributed by atoms with Crippen molar-refractivity contribution in [3.63, 3.8) is 0 Å². The van der Waals surface area contributed by atoms with Gasteiger partial charge >= 0.3 is 6.18 Å². The van der Waals surface area contributed by atoms with Gasteiger partial charge < -0.3 is 58.9 Å². The molecule has 9 aromatic carbocycles.